The minimum absolute atomic E-state index is 0.214. The first kappa shape index (κ1) is 49.2. The summed E-state index contributed by atoms with van der Waals surface area (Å²) in [4.78, 5) is 25.1. The van der Waals surface area contributed by atoms with Gasteiger partial charge in [-0.1, -0.05) is 64.8 Å². The molecule has 2 rings (SSSR count). The number of hydrogen-bond donors (Lipinski definition) is 4. The van der Waals surface area contributed by atoms with Crippen LogP contribution in [0.1, 0.15) is 77.3 Å². The van der Waals surface area contributed by atoms with Crippen molar-refractivity contribution in [3.05, 3.63) is 59.7 Å². The van der Waals surface area contributed by atoms with Gasteiger partial charge in [0.25, 0.3) is 0 Å². The van der Waals surface area contributed by atoms with Crippen molar-refractivity contribution in [2.75, 3.05) is 87.5 Å². The number of benzene rings is 2. The zero-order chi connectivity index (χ0) is 40.7. The van der Waals surface area contributed by atoms with Gasteiger partial charge in [-0.2, -0.15) is 0 Å². The highest BCUT2D eigenvalue weighted by Gasteiger charge is 2.34. The molecule has 0 aromatic heterocycles. The third kappa shape index (κ3) is 18.4. The van der Waals surface area contributed by atoms with Crippen LogP contribution >= 0.6 is 0 Å². The van der Waals surface area contributed by atoms with Gasteiger partial charge in [0.15, 0.2) is 0 Å². The van der Waals surface area contributed by atoms with E-state index < -0.39 is 30.0 Å². The highest BCUT2D eigenvalue weighted by molar-refractivity contribution is 6.59. The molecule has 13 nitrogen and oxygen atoms in total. The van der Waals surface area contributed by atoms with E-state index in [-0.39, 0.29) is 12.0 Å². The molecule has 0 aliphatic rings. The average Bonchev–Trinajstić information content (AvgIpc) is 3.18. The van der Waals surface area contributed by atoms with Gasteiger partial charge in [0.05, 0.1) is 25.9 Å². The first-order chi connectivity index (χ1) is 26.3. The van der Waals surface area contributed by atoms with Crippen LogP contribution in [0.3, 0.4) is 0 Å². The monoisotopic (exact) mass is 812 g/mol. The summed E-state index contributed by atoms with van der Waals surface area (Å²) in [5.41, 5.74) is 1.94. The second kappa shape index (κ2) is 26.1. The summed E-state index contributed by atoms with van der Waals surface area (Å²) in [5, 5.41) is 21.4. The fourth-order valence-corrected chi connectivity index (χ4v) is 8.63. The van der Waals surface area contributed by atoms with E-state index in [1.54, 1.807) is 0 Å². The van der Waals surface area contributed by atoms with Gasteiger partial charge in [0.1, 0.15) is 18.1 Å². The fourth-order valence-electron chi connectivity index (χ4n) is 6.27. The van der Waals surface area contributed by atoms with Crippen molar-refractivity contribution in [3.8, 4) is 11.5 Å². The van der Waals surface area contributed by atoms with Crippen LogP contribution in [0, 0.1) is 0 Å². The van der Waals surface area contributed by atoms with Gasteiger partial charge in [-0.15, -0.1) is 0 Å². The van der Waals surface area contributed by atoms with Crippen LogP contribution in [0.2, 0.25) is 12.1 Å². The first-order valence-corrected chi connectivity index (χ1v) is 23.8. The van der Waals surface area contributed by atoms with Gasteiger partial charge in [-0.3, -0.25) is 4.90 Å². The molecule has 0 aliphatic heterocycles. The minimum Gasteiger partial charge on any atom is -0.491 e. The standard InChI is InChI=1S/C40H72N2O11Si2/c1-9-11-23-41(25-13-29-54(45,47-5)48-6)31-36(43)33-51-27-28-52-37-19-15-34(16-20-37)40(3,4)35-17-21-38(22-18-35)53-39(44)32-42(24-12-10-2)26-14-30-55(46,49-7)50-8/h15-22,36,39,43-46H,9-14,23-33H2,1-8H3. The Morgan fingerprint density at radius 3 is 1.51 bits per heavy atom. The zero-order valence-electron chi connectivity index (χ0n) is 34.8. The molecule has 15 heteroatoms. The van der Waals surface area contributed by atoms with Crippen LogP contribution in [-0.2, 0) is 27.9 Å². The molecule has 316 valence electrons. The summed E-state index contributed by atoms with van der Waals surface area (Å²) >= 11 is 0. The molecule has 0 saturated carbocycles. The Labute approximate surface area is 333 Å². The maximum atomic E-state index is 10.8. The number of ether oxygens (including phenoxy) is 3. The number of aliphatic hydroxyl groups is 2. The summed E-state index contributed by atoms with van der Waals surface area (Å²) in [6.45, 7) is 13.5. The molecule has 0 fully saturated rings. The highest BCUT2D eigenvalue weighted by atomic mass is 28.4. The third-order valence-corrected chi connectivity index (χ3v) is 14.5. The topological polar surface area (TPSA) is 152 Å². The Balaban J connectivity index is 1.81. The molecule has 0 heterocycles. The summed E-state index contributed by atoms with van der Waals surface area (Å²) in [7, 11) is -0.316. The van der Waals surface area contributed by atoms with Crippen molar-refractivity contribution in [1.82, 2.24) is 9.80 Å². The molecular weight excluding hydrogens is 741 g/mol. The van der Waals surface area contributed by atoms with Crippen LogP contribution in [0.5, 0.6) is 11.5 Å². The number of rotatable bonds is 32. The van der Waals surface area contributed by atoms with Gasteiger partial charge < -0.3 is 56.6 Å². The lowest BCUT2D eigenvalue weighted by Gasteiger charge is -2.28. The Bertz CT molecular complexity index is 1270. The Morgan fingerprint density at radius 2 is 1.05 bits per heavy atom. The zero-order valence-corrected chi connectivity index (χ0v) is 36.8. The lowest BCUT2D eigenvalue weighted by molar-refractivity contribution is -0.0413. The van der Waals surface area contributed by atoms with Crippen molar-refractivity contribution >= 4 is 17.6 Å². The molecule has 2 aromatic carbocycles. The van der Waals surface area contributed by atoms with E-state index in [2.05, 4.69) is 49.6 Å². The van der Waals surface area contributed by atoms with E-state index in [9.17, 15) is 19.8 Å². The lowest BCUT2D eigenvalue weighted by atomic mass is 9.78. The van der Waals surface area contributed by atoms with E-state index in [0.717, 1.165) is 68.6 Å². The predicted molar refractivity (Wildman–Crippen MR) is 219 cm³/mol. The summed E-state index contributed by atoms with van der Waals surface area (Å²) in [5.74, 6) is 1.33. The molecular formula is C40H72N2O11Si2. The largest absolute Gasteiger partial charge is 0.497 e. The van der Waals surface area contributed by atoms with Gasteiger partial charge >= 0.3 is 17.6 Å². The van der Waals surface area contributed by atoms with Crippen molar-refractivity contribution in [1.29, 1.82) is 0 Å². The minimum atomic E-state index is -3.12. The number of nitrogens with zero attached hydrogens (tertiary/aromatic N) is 2. The molecule has 2 unspecified atom stereocenters. The molecule has 0 saturated heterocycles. The van der Waals surface area contributed by atoms with E-state index in [1.807, 2.05) is 36.4 Å². The quantitative estimate of drug-likeness (QED) is 0.0451. The van der Waals surface area contributed by atoms with Gasteiger partial charge in [0, 0.05) is 52.5 Å². The van der Waals surface area contributed by atoms with E-state index >= 15 is 0 Å². The van der Waals surface area contributed by atoms with Crippen molar-refractivity contribution in [3.63, 3.8) is 0 Å². The predicted octanol–water partition coefficient (Wildman–Crippen LogP) is 4.90. The normalized spacial score (nSPS) is 13.8. The number of aliphatic hydroxyl groups excluding tert-OH is 2. The third-order valence-electron chi connectivity index (χ3n) is 9.98. The SMILES string of the molecule is CCCCN(CCC[Si](O)(OC)OC)CC(O)COCCOc1ccc(C(C)(C)c2ccc(OC(O)CN(CCCC)CCC[Si](O)(OC)OC)cc2)cc1. The van der Waals surface area contributed by atoms with Gasteiger partial charge in [0.2, 0.25) is 6.29 Å². The Hall–Kier alpha value is -1.97. The molecule has 4 N–H and O–H groups in total. The summed E-state index contributed by atoms with van der Waals surface area (Å²) in [6.07, 6.45) is 3.92. The number of hydrogen-bond acceptors (Lipinski definition) is 13. The van der Waals surface area contributed by atoms with Crippen LogP contribution in [0.25, 0.3) is 0 Å². The smallest absolute Gasteiger partial charge is 0.491 e. The molecule has 0 spiro atoms. The van der Waals surface area contributed by atoms with E-state index in [1.165, 1.54) is 28.4 Å². The summed E-state index contributed by atoms with van der Waals surface area (Å²) in [6, 6.07) is 16.8. The molecule has 0 aliphatic carbocycles. The van der Waals surface area contributed by atoms with Crippen LogP contribution in [0.4, 0.5) is 0 Å². The average molecular weight is 813 g/mol. The Morgan fingerprint density at radius 1 is 0.618 bits per heavy atom. The van der Waals surface area contributed by atoms with Gasteiger partial charge in [-0.05, 0) is 87.3 Å². The maximum absolute atomic E-state index is 10.8. The number of unbranched alkanes of at least 4 members (excludes halogenated alkanes) is 2. The van der Waals surface area contributed by atoms with Gasteiger partial charge in [-0.25, -0.2) is 0 Å². The van der Waals surface area contributed by atoms with E-state index in [4.69, 9.17) is 31.9 Å². The molecule has 0 bridgehead atoms. The van der Waals surface area contributed by atoms with Crippen molar-refractivity contribution in [2.24, 2.45) is 0 Å². The second-order valence-corrected chi connectivity index (χ2v) is 20.1. The molecule has 2 aromatic rings. The van der Waals surface area contributed by atoms with Crippen molar-refractivity contribution in [2.45, 2.75) is 96.1 Å². The van der Waals surface area contributed by atoms with Crippen molar-refractivity contribution < 1.29 is 51.7 Å². The summed E-state index contributed by atoms with van der Waals surface area (Å²) < 4.78 is 38.3. The second-order valence-electron chi connectivity index (χ2n) is 14.6. The first-order valence-electron chi connectivity index (χ1n) is 19.8. The Kier molecular flexibility index (Phi) is 23.4. The van der Waals surface area contributed by atoms with Crippen LogP contribution < -0.4 is 9.47 Å². The molecule has 0 amide bonds. The van der Waals surface area contributed by atoms with E-state index in [0.29, 0.717) is 57.1 Å². The van der Waals surface area contributed by atoms with Crippen LogP contribution in [-0.4, -0.2) is 147 Å². The molecule has 0 radical (unpaired) electrons. The lowest BCUT2D eigenvalue weighted by Crippen LogP contribution is -2.42. The van der Waals surface area contributed by atoms with Crippen LogP contribution in [0.15, 0.2) is 48.5 Å². The molecule has 2 atom stereocenters. The maximum Gasteiger partial charge on any atom is 0.497 e. The fraction of sp³-hybridized carbons (Fsp3) is 0.700. The molecule has 55 heavy (non-hydrogen) atoms. The highest BCUT2D eigenvalue weighted by Crippen LogP contribution is 2.33.